The average Bonchev–Trinajstić information content (AvgIpc) is 2.35. The van der Waals surface area contributed by atoms with Gasteiger partial charge in [-0.05, 0) is 26.0 Å². The maximum atomic E-state index is 11.5. The minimum atomic E-state index is -0.0304. The second kappa shape index (κ2) is 6.68. The molecule has 0 saturated carbocycles. The fourth-order valence-corrected chi connectivity index (χ4v) is 1.53. The molecule has 0 aliphatic heterocycles. The molecule has 0 heterocycles. The van der Waals surface area contributed by atoms with E-state index in [4.69, 9.17) is 0 Å². The van der Waals surface area contributed by atoms with Crippen molar-refractivity contribution in [1.82, 2.24) is 4.90 Å². The number of hydrogen-bond donors (Lipinski definition) is 1. The molecule has 0 bridgehead atoms. The summed E-state index contributed by atoms with van der Waals surface area (Å²) in [6, 6.07) is 9.59. The first-order chi connectivity index (χ1) is 8.19. The van der Waals surface area contributed by atoms with Crippen LogP contribution in [0.5, 0.6) is 0 Å². The lowest BCUT2D eigenvalue weighted by Crippen LogP contribution is -2.36. The first-order valence-corrected chi connectivity index (χ1v) is 5.83. The number of carbonyl (C=O) groups is 1. The molecule has 0 amide bonds. The fourth-order valence-electron chi connectivity index (χ4n) is 1.53. The number of rotatable bonds is 5. The summed E-state index contributed by atoms with van der Waals surface area (Å²) in [5.41, 5.74) is 3.77. The van der Waals surface area contributed by atoms with Crippen LogP contribution in [0.4, 0.5) is 5.69 Å². The number of carbonyl (C=O) groups excluding carboxylic acids is 1. The molecule has 0 aromatic heterocycles. The van der Waals surface area contributed by atoms with Crippen molar-refractivity contribution in [2.45, 2.75) is 20.8 Å². The number of para-hydroxylation sites is 1. The second-order valence-electron chi connectivity index (χ2n) is 3.64. The van der Waals surface area contributed by atoms with E-state index in [1.54, 1.807) is 0 Å². The SMILES string of the molecule is CCN(CC)/C(=N\Nc1ccccc1)C(C)=O. The molecule has 0 saturated heterocycles. The van der Waals surface area contributed by atoms with E-state index in [-0.39, 0.29) is 5.78 Å². The van der Waals surface area contributed by atoms with Gasteiger partial charge in [-0.3, -0.25) is 10.2 Å². The van der Waals surface area contributed by atoms with Gasteiger partial charge in [0, 0.05) is 20.0 Å². The third-order valence-corrected chi connectivity index (χ3v) is 2.44. The Balaban J connectivity index is 2.81. The monoisotopic (exact) mass is 233 g/mol. The van der Waals surface area contributed by atoms with Crippen molar-refractivity contribution in [2.24, 2.45) is 5.10 Å². The van der Waals surface area contributed by atoms with Crippen molar-refractivity contribution in [3.05, 3.63) is 30.3 Å². The van der Waals surface area contributed by atoms with Gasteiger partial charge in [-0.25, -0.2) is 0 Å². The lowest BCUT2D eigenvalue weighted by molar-refractivity contribution is -0.111. The third kappa shape index (κ3) is 3.90. The molecule has 17 heavy (non-hydrogen) atoms. The highest BCUT2D eigenvalue weighted by Crippen LogP contribution is 2.05. The van der Waals surface area contributed by atoms with E-state index < -0.39 is 0 Å². The molecule has 4 heteroatoms. The Morgan fingerprint density at radius 2 is 1.82 bits per heavy atom. The van der Waals surface area contributed by atoms with Gasteiger partial charge in [0.15, 0.2) is 11.6 Å². The highest BCUT2D eigenvalue weighted by atomic mass is 16.1. The Morgan fingerprint density at radius 1 is 1.24 bits per heavy atom. The molecule has 0 aliphatic rings. The average molecular weight is 233 g/mol. The van der Waals surface area contributed by atoms with Crippen molar-refractivity contribution < 1.29 is 4.79 Å². The number of hydrogen-bond acceptors (Lipinski definition) is 3. The van der Waals surface area contributed by atoms with Crippen LogP contribution >= 0.6 is 0 Å². The van der Waals surface area contributed by atoms with Crippen LogP contribution in [0.15, 0.2) is 35.4 Å². The maximum absolute atomic E-state index is 11.5. The Bertz CT molecular complexity index is 383. The van der Waals surface area contributed by atoms with Gasteiger partial charge in [-0.1, -0.05) is 18.2 Å². The van der Waals surface area contributed by atoms with Gasteiger partial charge in [-0.2, -0.15) is 5.10 Å². The Kier molecular flexibility index (Phi) is 5.20. The predicted octanol–water partition coefficient (Wildman–Crippen LogP) is 2.34. The van der Waals surface area contributed by atoms with Crippen LogP contribution in [0.25, 0.3) is 0 Å². The number of nitrogens with zero attached hydrogens (tertiary/aromatic N) is 2. The molecule has 1 N–H and O–H groups in total. The Hall–Kier alpha value is -1.84. The van der Waals surface area contributed by atoms with Crippen molar-refractivity contribution in [2.75, 3.05) is 18.5 Å². The number of nitrogens with one attached hydrogen (secondary N) is 1. The Morgan fingerprint density at radius 3 is 2.29 bits per heavy atom. The number of Topliss-reactive ketones (excluding diaryl/α,β-unsaturated/α-hetero) is 1. The highest BCUT2D eigenvalue weighted by Gasteiger charge is 2.12. The number of ketones is 1. The second-order valence-corrected chi connectivity index (χ2v) is 3.64. The fraction of sp³-hybridized carbons (Fsp3) is 0.385. The van der Waals surface area contributed by atoms with Crippen LogP contribution in [0.3, 0.4) is 0 Å². The first kappa shape index (κ1) is 13.2. The van der Waals surface area contributed by atoms with Gasteiger partial charge in [0.05, 0.1) is 5.69 Å². The summed E-state index contributed by atoms with van der Waals surface area (Å²) >= 11 is 0. The van der Waals surface area contributed by atoms with Gasteiger partial charge >= 0.3 is 0 Å². The molecule has 1 aromatic rings. The van der Waals surface area contributed by atoms with E-state index in [0.717, 1.165) is 18.8 Å². The zero-order chi connectivity index (χ0) is 12.7. The lowest BCUT2D eigenvalue weighted by atomic mass is 10.3. The maximum Gasteiger partial charge on any atom is 0.196 e. The number of benzene rings is 1. The van der Waals surface area contributed by atoms with Gasteiger partial charge < -0.3 is 4.90 Å². The van der Waals surface area contributed by atoms with Crippen LogP contribution in [-0.2, 0) is 4.79 Å². The van der Waals surface area contributed by atoms with Gasteiger partial charge in [0.1, 0.15) is 0 Å². The Labute approximate surface area is 102 Å². The summed E-state index contributed by atoms with van der Waals surface area (Å²) in [6.45, 7) is 7.08. The third-order valence-electron chi connectivity index (χ3n) is 2.44. The van der Waals surface area contributed by atoms with Gasteiger partial charge in [0.25, 0.3) is 0 Å². The van der Waals surface area contributed by atoms with Crippen molar-refractivity contribution in [3.8, 4) is 0 Å². The van der Waals surface area contributed by atoms with Crippen molar-refractivity contribution in [1.29, 1.82) is 0 Å². The summed E-state index contributed by atoms with van der Waals surface area (Å²) in [6.07, 6.45) is 0. The van der Waals surface area contributed by atoms with Crippen LogP contribution in [0.1, 0.15) is 20.8 Å². The molecule has 1 aromatic carbocycles. The summed E-state index contributed by atoms with van der Waals surface area (Å²) < 4.78 is 0. The van der Waals surface area contributed by atoms with Crippen LogP contribution in [0, 0.1) is 0 Å². The predicted molar refractivity (Wildman–Crippen MR) is 71.1 cm³/mol. The zero-order valence-corrected chi connectivity index (χ0v) is 10.6. The molecule has 0 atom stereocenters. The molecular formula is C13H19N3O. The number of likely N-dealkylation sites (N-methyl/N-ethyl adjacent to an activating group) is 1. The largest absolute Gasteiger partial charge is 0.353 e. The van der Waals surface area contributed by atoms with Crippen molar-refractivity contribution in [3.63, 3.8) is 0 Å². The minimum absolute atomic E-state index is 0.0304. The zero-order valence-electron chi connectivity index (χ0n) is 10.6. The van der Waals surface area contributed by atoms with Gasteiger partial charge in [-0.15, -0.1) is 0 Å². The minimum Gasteiger partial charge on any atom is -0.353 e. The molecule has 0 unspecified atom stereocenters. The number of amidine groups is 1. The highest BCUT2D eigenvalue weighted by molar-refractivity contribution is 6.37. The summed E-state index contributed by atoms with van der Waals surface area (Å²) in [5, 5.41) is 4.18. The molecule has 0 fully saturated rings. The van der Waals surface area contributed by atoms with E-state index in [9.17, 15) is 4.79 Å². The van der Waals surface area contributed by atoms with Gasteiger partial charge in [0.2, 0.25) is 0 Å². The number of anilines is 1. The summed E-state index contributed by atoms with van der Waals surface area (Å²) in [4.78, 5) is 13.4. The molecule has 0 spiro atoms. The first-order valence-electron chi connectivity index (χ1n) is 5.83. The molecule has 0 aliphatic carbocycles. The quantitative estimate of drug-likeness (QED) is 0.482. The van der Waals surface area contributed by atoms with E-state index in [0.29, 0.717) is 5.84 Å². The van der Waals surface area contributed by atoms with E-state index in [2.05, 4.69) is 10.5 Å². The molecule has 92 valence electrons. The smallest absolute Gasteiger partial charge is 0.196 e. The summed E-state index contributed by atoms with van der Waals surface area (Å²) in [5.74, 6) is 0.441. The standard InChI is InChI=1S/C13H19N3O/c1-4-16(5-2)13(11(3)17)15-14-12-9-7-6-8-10-12/h6-10,14H,4-5H2,1-3H3/b15-13-. The van der Waals surface area contributed by atoms with Crippen LogP contribution in [0.2, 0.25) is 0 Å². The van der Waals surface area contributed by atoms with Crippen LogP contribution < -0.4 is 5.43 Å². The van der Waals surface area contributed by atoms with Crippen molar-refractivity contribution >= 4 is 17.3 Å². The van der Waals surface area contributed by atoms with Crippen LogP contribution in [-0.4, -0.2) is 29.6 Å². The van der Waals surface area contributed by atoms with E-state index in [1.165, 1.54) is 6.92 Å². The lowest BCUT2D eigenvalue weighted by Gasteiger charge is -2.20. The molecular weight excluding hydrogens is 214 g/mol. The van der Waals surface area contributed by atoms with E-state index in [1.807, 2.05) is 49.1 Å². The molecule has 4 nitrogen and oxygen atoms in total. The van der Waals surface area contributed by atoms with E-state index >= 15 is 0 Å². The number of hydrazone groups is 1. The normalized spacial score (nSPS) is 11.1. The molecule has 1 rings (SSSR count). The topological polar surface area (TPSA) is 44.7 Å². The summed E-state index contributed by atoms with van der Waals surface area (Å²) in [7, 11) is 0. The molecule has 0 radical (unpaired) electrons.